The molecule has 29 heavy (non-hydrogen) atoms. The fraction of sp³-hybridized carbons (Fsp3) is 0.391. The number of aliphatic hydroxyl groups is 2. The van der Waals surface area contributed by atoms with Crippen molar-refractivity contribution < 1.29 is 29.9 Å². The molecule has 0 radical (unpaired) electrons. The van der Waals surface area contributed by atoms with Gasteiger partial charge in [-0.25, -0.2) is 0 Å². The van der Waals surface area contributed by atoms with Crippen molar-refractivity contribution in [3.05, 3.63) is 53.1 Å². The normalized spacial score (nSPS) is 27.3. The first-order valence-corrected chi connectivity index (χ1v) is 9.79. The van der Waals surface area contributed by atoms with E-state index in [4.69, 9.17) is 9.47 Å². The van der Waals surface area contributed by atoms with Crippen LogP contribution >= 0.6 is 0 Å². The van der Waals surface area contributed by atoms with Crippen LogP contribution in [-0.4, -0.2) is 45.0 Å². The van der Waals surface area contributed by atoms with Gasteiger partial charge in [0.2, 0.25) is 6.29 Å². The molecule has 0 saturated carbocycles. The summed E-state index contributed by atoms with van der Waals surface area (Å²) in [5.41, 5.74) is 2.50. The molecule has 0 bridgehead atoms. The monoisotopic (exact) mass is 400 g/mol. The van der Waals surface area contributed by atoms with E-state index in [9.17, 15) is 20.4 Å². The van der Waals surface area contributed by atoms with E-state index in [1.54, 1.807) is 6.08 Å². The predicted molar refractivity (Wildman–Crippen MR) is 111 cm³/mol. The second kappa shape index (κ2) is 8.86. The summed E-state index contributed by atoms with van der Waals surface area (Å²) in [6.45, 7) is 5.74. The Morgan fingerprint density at radius 3 is 2.38 bits per heavy atom. The minimum atomic E-state index is -1.27. The number of aromatic hydroxyl groups is 2. The van der Waals surface area contributed by atoms with E-state index in [0.29, 0.717) is 12.0 Å². The Morgan fingerprint density at radius 2 is 1.72 bits per heavy atom. The highest BCUT2D eigenvalue weighted by Gasteiger charge is 2.43. The van der Waals surface area contributed by atoms with Gasteiger partial charge < -0.3 is 29.9 Å². The Kier molecular flexibility index (Phi) is 6.47. The average Bonchev–Trinajstić information content (AvgIpc) is 2.69. The van der Waals surface area contributed by atoms with E-state index < -0.39 is 18.5 Å². The van der Waals surface area contributed by atoms with Gasteiger partial charge in [0, 0.05) is 17.5 Å². The summed E-state index contributed by atoms with van der Waals surface area (Å²) in [5.74, 6) is -0.592. The van der Waals surface area contributed by atoms with E-state index in [2.05, 4.69) is 0 Å². The van der Waals surface area contributed by atoms with Gasteiger partial charge in [-0.2, -0.15) is 0 Å². The van der Waals surface area contributed by atoms with Crippen LogP contribution in [0.3, 0.4) is 0 Å². The zero-order chi connectivity index (χ0) is 21.1. The summed E-state index contributed by atoms with van der Waals surface area (Å²) in [6, 6.07) is 10.5. The van der Waals surface area contributed by atoms with Crippen molar-refractivity contribution in [2.45, 2.75) is 51.8 Å². The zero-order valence-corrected chi connectivity index (χ0v) is 16.8. The number of phenolic OH excluding ortho intramolecular Hbond substituents is 2. The van der Waals surface area contributed by atoms with Gasteiger partial charge in [-0.05, 0) is 25.0 Å². The van der Waals surface area contributed by atoms with Gasteiger partial charge in [0.15, 0.2) is 11.5 Å². The van der Waals surface area contributed by atoms with Gasteiger partial charge in [0.25, 0.3) is 0 Å². The van der Waals surface area contributed by atoms with Gasteiger partial charge in [-0.3, -0.25) is 0 Å². The Morgan fingerprint density at radius 1 is 1.03 bits per heavy atom. The Labute approximate surface area is 170 Å². The number of aliphatic hydroxyl groups excluding tert-OH is 2. The van der Waals surface area contributed by atoms with Crippen molar-refractivity contribution >= 4 is 12.2 Å². The minimum absolute atomic E-state index is 0.0619. The number of hydrogen-bond acceptors (Lipinski definition) is 6. The maximum Gasteiger partial charge on any atom is 0.229 e. The molecule has 0 aromatic heterocycles. The van der Waals surface area contributed by atoms with E-state index in [0.717, 1.165) is 17.2 Å². The first-order chi connectivity index (χ1) is 13.8. The molecule has 2 aromatic carbocycles. The molecule has 4 N–H and O–H groups in total. The zero-order valence-electron chi connectivity index (χ0n) is 16.8. The second-order valence-electron chi connectivity index (χ2n) is 7.54. The lowest BCUT2D eigenvalue weighted by Crippen LogP contribution is -2.55. The van der Waals surface area contributed by atoms with Crippen molar-refractivity contribution in [3.8, 4) is 17.2 Å². The standard InChI is InChI=1S/C23H28O6/c1-4-19-14(3)20(26)21(27)23(28-19)29-22-16(11-17(24)12-18(22)25)10-9-15-7-5-13(2)6-8-15/h5-12,14,19-21,23-27H,4H2,1-3H3/b10-9+. The topological polar surface area (TPSA) is 99.4 Å². The predicted octanol–water partition coefficient (Wildman–Crippen LogP) is 3.45. The summed E-state index contributed by atoms with van der Waals surface area (Å²) < 4.78 is 11.6. The molecule has 1 heterocycles. The van der Waals surface area contributed by atoms with Crippen LogP contribution in [0, 0.1) is 12.8 Å². The maximum atomic E-state index is 10.4. The Balaban J connectivity index is 1.89. The number of benzene rings is 2. The summed E-state index contributed by atoms with van der Waals surface area (Å²) >= 11 is 0. The molecular formula is C23H28O6. The third kappa shape index (κ3) is 4.72. The molecule has 1 aliphatic heterocycles. The van der Waals surface area contributed by atoms with Crippen LogP contribution in [0.5, 0.6) is 17.2 Å². The van der Waals surface area contributed by atoms with Crippen molar-refractivity contribution in [3.63, 3.8) is 0 Å². The Bertz CT molecular complexity index is 858. The van der Waals surface area contributed by atoms with E-state index in [1.165, 1.54) is 6.07 Å². The fourth-order valence-electron chi connectivity index (χ4n) is 3.49. The van der Waals surface area contributed by atoms with Crippen LogP contribution in [0.2, 0.25) is 0 Å². The second-order valence-corrected chi connectivity index (χ2v) is 7.54. The highest BCUT2D eigenvalue weighted by molar-refractivity contribution is 5.75. The Hall–Kier alpha value is -2.54. The van der Waals surface area contributed by atoms with Gasteiger partial charge in [0.1, 0.15) is 11.9 Å². The molecule has 2 aromatic rings. The van der Waals surface area contributed by atoms with E-state index in [-0.39, 0.29) is 29.3 Å². The molecular weight excluding hydrogens is 372 g/mol. The van der Waals surface area contributed by atoms with Gasteiger partial charge >= 0.3 is 0 Å². The molecule has 1 aliphatic rings. The highest BCUT2D eigenvalue weighted by atomic mass is 16.7. The van der Waals surface area contributed by atoms with Crippen molar-refractivity contribution in [1.29, 1.82) is 0 Å². The number of aryl methyl sites for hydroxylation is 1. The molecule has 5 atom stereocenters. The molecule has 6 nitrogen and oxygen atoms in total. The lowest BCUT2D eigenvalue weighted by Gasteiger charge is -2.41. The molecule has 0 spiro atoms. The molecule has 0 amide bonds. The number of phenols is 2. The summed E-state index contributed by atoms with van der Waals surface area (Å²) in [4.78, 5) is 0. The van der Waals surface area contributed by atoms with Crippen molar-refractivity contribution in [2.24, 2.45) is 5.92 Å². The number of rotatable bonds is 5. The van der Waals surface area contributed by atoms with Crippen molar-refractivity contribution in [1.82, 2.24) is 0 Å². The molecule has 1 fully saturated rings. The van der Waals surface area contributed by atoms with Crippen LogP contribution in [-0.2, 0) is 4.74 Å². The summed E-state index contributed by atoms with van der Waals surface area (Å²) in [5, 5.41) is 41.0. The first-order valence-electron chi connectivity index (χ1n) is 9.79. The number of ether oxygens (including phenoxy) is 2. The lowest BCUT2D eigenvalue weighted by molar-refractivity contribution is -0.255. The van der Waals surface area contributed by atoms with Crippen LogP contribution < -0.4 is 4.74 Å². The lowest BCUT2D eigenvalue weighted by atomic mass is 9.89. The van der Waals surface area contributed by atoms with E-state index in [1.807, 2.05) is 51.1 Å². The van der Waals surface area contributed by atoms with Crippen LogP contribution in [0.15, 0.2) is 36.4 Å². The summed E-state index contributed by atoms with van der Waals surface area (Å²) in [6.07, 6.45) is 0.457. The third-order valence-electron chi connectivity index (χ3n) is 5.31. The smallest absolute Gasteiger partial charge is 0.229 e. The third-order valence-corrected chi connectivity index (χ3v) is 5.31. The van der Waals surface area contributed by atoms with Gasteiger partial charge in [-0.1, -0.05) is 55.8 Å². The largest absolute Gasteiger partial charge is 0.508 e. The molecule has 156 valence electrons. The fourth-order valence-corrected chi connectivity index (χ4v) is 3.49. The van der Waals surface area contributed by atoms with Crippen LogP contribution in [0.25, 0.3) is 12.2 Å². The maximum absolute atomic E-state index is 10.4. The molecule has 3 rings (SSSR count). The van der Waals surface area contributed by atoms with E-state index >= 15 is 0 Å². The molecule has 0 aliphatic carbocycles. The van der Waals surface area contributed by atoms with Gasteiger partial charge in [-0.15, -0.1) is 0 Å². The highest BCUT2D eigenvalue weighted by Crippen LogP contribution is 2.38. The summed E-state index contributed by atoms with van der Waals surface area (Å²) in [7, 11) is 0. The van der Waals surface area contributed by atoms with Crippen LogP contribution in [0.4, 0.5) is 0 Å². The quantitative estimate of drug-likeness (QED) is 0.574. The molecule has 5 unspecified atom stereocenters. The first kappa shape index (κ1) is 21.2. The minimum Gasteiger partial charge on any atom is -0.508 e. The molecule has 1 saturated heterocycles. The van der Waals surface area contributed by atoms with Crippen LogP contribution in [0.1, 0.15) is 37.0 Å². The number of hydrogen-bond donors (Lipinski definition) is 4. The van der Waals surface area contributed by atoms with Crippen molar-refractivity contribution in [2.75, 3.05) is 0 Å². The van der Waals surface area contributed by atoms with Gasteiger partial charge in [0.05, 0.1) is 12.2 Å². The molecule has 6 heteroatoms. The average molecular weight is 400 g/mol. The SMILES string of the molecule is CCC1OC(Oc2c(O)cc(O)cc2/C=C/c2ccc(C)cc2)C(O)C(O)C1C.